The Hall–Kier alpha value is -0.990. The lowest BCUT2D eigenvalue weighted by molar-refractivity contribution is -0.137. The second-order valence-corrected chi connectivity index (χ2v) is 8.66. The normalized spacial score (nSPS) is 16.7. The maximum Gasteiger partial charge on any atom is 0.416 e. The smallest absolute Gasteiger partial charge is 0.368 e. The molecule has 1 aliphatic rings. The molecule has 1 aromatic rings. The van der Waals surface area contributed by atoms with Crippen molar-refractivity contribution in [2.45, 2.75) is 13.1 Å². The number of hydrogen-bond donors (Lipinski definition) is 0. The van der Waals surface area contributed by atoms with Crippen LogP contribution in [0.15, 0.2) is 39.6 Å². The van der Waals surface area contributed by atoms with Crippen LogP contribution in [0.1, 0.15) is 18.1 Å². The van der Waals surface area contributed by atoms with Gasteiger partial charge in [-0.05, 0) is 35.1 Å². The van der Waals surface area contributed by atoms with E-state index in [1.165, 1.54) is 29.6 Å². The number of halogens is 3. The van der Waals surface area contributed by atoms with Gasteiger partial charge in [-0.15, -0.1) is 11.8 Å². The quantitative estimate of drug-likeness (QED) is 0.423. The first-order valence-electron chi connectivity index (χ1n) is 7.95. The molecule has 8 heteroatoms. The maximum atomic E-state index is 13.1. The van der Waals surface area contributed by atoms with E-state index in [0.29, 0.717) is 21.1 Å². The molecule has 1 aromatic carbocycles. The fraction of sp³-hybridized carbons (Fsp3) is 0.389. The minimum absolute atomic E-state index is 0.214. The molecule has 0 bridgehead atoms. The van der Waals surface area contributed by atoms with E-state index in [1.807, 2.05) is 18.2 Å². The third-order valence-electron chi connectivity index (χ3n) is 3.70. The van der Waals surface area contributed by atoms with Crippen LogP contribution >= 0.6 is 35.3 Å². The van der Waals surface area contributed by atoms with Crippen molar-refractivity contribution in [3.05, 3.63) is 50.7 Å². The third kappa shape index (κ3) is 5.04. The van der Waals surface area contributed by atoms with Crippen molar-refractivity contribution in [2.75, 3.05) is 31.4 Å². The molecule has 0 unspecified atom stereocenters. The molecule has 0 atom stereocenters. The van der Waals surface area contributed by atoms with Gasteiger partial charge in [-0.3, -0.25) is 4.79 Å². The average molecular weight is 420 g/mol. The highest BCUT2D eigenvalue weighted by Crippen LogP contribution is 2.45. The van der Waals surface area contributed by atoms with E-state index in [0.717, 1.165) is 30.2 Å². The largest absolute Gasteiger partial charge is 0.416 e. The number of thioether (sulfide) groups is 3. The molecule has 0 aromatic heterocycles. The van der Waals surface area contributed by atoms with Gasteiger partial charge in [0.25, 0.3) is 0 Å². The van der Waals surface area contributed by atoms with Gasteiger partial charge < -0.3 is 4.90 Å². The number of benzene rings is 1. The standard InChI is InChI=1S/C18H20F3NOS3/c1-4-25-9-8-22(2)17-15(16(23)14(26-17)11-24-3)12-6-5-7-13(10-12)18(19,20)21/h5-7,10-11H,4,8-9H2,1-3H3. The zero-order chi connectivity index (χ0) is 19.3. The number of ketones is 1. The Labute approximate surface area is 164 Å². The summed E-state index contributed by atoms with van der Waals surface area (Å²) >= 11 is 4.53. The predicted octanol–water partition coefficient (Wildman–Crippen LogP) is 5.58. The first-order valence-corrected chi connectivity index (χ1v) is 11.2. The van der Waals surface area contributed by atoms with E-state index in [1.54, 1.807) is 23.2 Å². The molecular formula is C18H20F3NOS3. The summed E-state index contributed by atoms with van der Waals surface area (Å²) in [7, 11) is 1.88. The van der Waals surface area contributed by atoms with Crippen molar-refractivity contribution in [1.29, 1.82) is 0 Å². The highest BCUT2D eigenvalue weighted by atomic mass is 32.2. The molecule has 142 valence electrons. The summed E-state index contributed by atoms with van der Waals surface area (Å²) in [4.78, 5) is 15.3. The third-order valence-corrected chi connectivity index (χ3v) is 6.43. The molecule has 0 aliphatic carbocycles. The van der Waals surface area contributed by atoms with E-state index in [2.05, 4.69) is 6.92 Å². The summed E-state index contributed by atoms with van der Waals surface area (Å²) < 4.78 is 39.2. The van der Waals surface area contributed by atoms with Gasteiger partial charge in [-0.2, -0.15) is 24.9 Å². The van der Waals surface area contributed by atoms with Crippen LogP contribution in [0, 0.1) is 0 Å². The maximum absolute atomic E-state index is 13.1. The van der Waals surface area contributed by atoms with Crippen molar-refractivity contribution in [1.82, 2.24) is 4.90 Å². The number of rotatable bonds is 7. The van der Waals surface area contributed by atoms with Gasteiger partial charge >= 0.3 is 6.18 Å². The van der Waals surface area contributed by atoms with E-state index in [-0.39, 0.29) is 5.78 Å². The highest BCUT2D eigenvalue weighted by Gasteiger charge is 2.35. The zero-order valence-electron chi connectivity index (χ0n) is 14.7. The van der Waals surface area contributed by atoms with Crippen LogP contribution in [-0.4, -0.2) is 42.0 Å². The van der Waals surface area contributed by atoms with E-state index in [4.69, 9.17) is 0 Å². The van der Waals surface area contributed by atoms with Crippen molar-refractivity contribution in [3.8, 4) is 0 Å². The summed E-state index contributed by atoms with van der Waals surface area (Å²) in [6.45, 7) is 2.80. The van der Waals surface area contributed by atoms with Gasteiger partial charge in [-0.1, -0.05) is 30.8 Å². The lowest BCUT2D eigenvalue weighted by Crippen LogP contribution is -2.19. The Morgan fingerprint density at radius 2 is 2.04 bits per heavy atom. The lowest BCUT2D eigenvalue weighted by Gasteiger charge is -2.21. The molecule has 1 heterocycles. The van der Waals surface area contributed by atoms with E-state index >= 15 is 0 Å². The number of alkyl halides is 3. The fourth-order valence-corrected chi connectivity index (χ4v) is 4.88. The summed E-state index contributed by atoms with van der Waals surface area (Å²) in [5, 5.41) is 2.47. The number of carbonyl (C=O) groups excluding carboxylic acids is 1. The van der Waals surface area contributed by atoms with Crippen LogP contribution in [-0.2, 0) is 11.0 Å². The Balaban J connectivity index is 2.45. The molecule has 0 saturated heterocycles. The van der Waals surface area contributed by atoms with Gasteiger partial charge in [0.05, 0.1) is 21.1 Å². The molecule has 0 spiro atoms. The molecule has 2 nitrogen and oxygen atoms in total. The van der Waals surface area contributed by atoms with Gasteiger partial charge in [0.2, 0.25) is 5.78 Å². The molecule has 0 radical (unpaired) electrons. The summed E-state index contributed by atoms with van der Waals surface area (Å²) in [5.41, 5.74) is -0.0802. The molecular weight excluding hydrogens is 399 g/mol. The number of nitrogens with zero attached hydrogens (tertiary/aromatic N) is 1. The number of carbonyl (C=O) groups is 1. The Morgan fingerprint density at radius 1 is 1.31 bits per heavy atom. The van der Waals surface area contributed by atoms with Gasteiger partial charge in [-0.25, -0.2) is 0 Å². The Kier molecular flexibility index (Phi) is 7.61. The monoisotopic (exact) mass is 419 g/mol. The second-order valence-electron chi connectivity index (χ2n) is 5.53. The van der Waals surface area contributed by atoms with E-state index in [9.17, 15) is 18.0 Å². The minimum atomic E-state index is -4.44. The van der Waals surface area contributed by atoms with Gasteiger partial charge in [0.1, 0.15) is 0 Å². The lowest BCUT2D eigenvalue weighted by atomic mass is 10.00. The molecule has 2 rings (SSSR count). The van der Waals surface area contributed by atoms with Crippen molar-refractivity contribution < 1.29 is 18.0 Å². The Bertz CT molecular complexity index is 729. The van der Waals surface area contributed by atoms with Gasteiger partial charge in [0, 0.05) is 19.3 Å². The zero-order valence-corrected chi connectivity index (χ0v) is 17.2. The molecule has 1 aliphatic heterocycles. The fourth-order valence-electron chi connectivity index (χ4n) is 2.43. The van der Waals surface area contributed by atoms with Crippen LogP contribution in [0.3, 0.4) is 0 Å². The molecule has 0 saturated carbocycles. The average Bonchev–Trinajstić information content (AvgIpc) is 2.91. The van der Waals surface area contributed by atoms with Crippen LogP contribution < -0.4 is 0 Å². The van der Waals surface area contributed by atoms with Crippen molar-refractivity contribution >= 4 is 46.6 Å². The summed E-state index contributed by atoms with van der Waals surface area (Å²) in [5.74, 6) is 1.67. The molecule has 0 N–H and O–H groups in total. The SMILES string of the molecule is CCSCCN(C)C1=C(c2cccc(C(F)(F)F)c2)C(=O)C(=CSC)S1. The first-order chi connectivity index (χ1) is 12.3. The second kappa shape index (κ2) is 9.28. The Morgan fingerprint density at radius 3 is 2.65 bits per heavy atom. The van der Waals surface area contributed by atoms with Crippen molar-refractivity contribution in [2.24, 2.45) is 0 Å². The first kappa shape index (κ1) is 21.3. The van der Waals surface area contributed by atoms with E-state index < -0.39 is 11.7 Å². The number of allylic oxidation sites excluding steroid dienone is 2. The molecule has 0 amide bonds. The number of Topliss-reactive ketones (excluding diaryl/α,β-unsaturated/α-hetero) is 1. The summed E-state index contributed by atoms with van der Waals surface area (Å²) in [6.07, 6.45) is -2.59. The van der Waals surface area contributed by atoms with Gasteiger partial charge in [0.15, 0.2) is 0 Å². The minimum Gasteiger partial charge on any atom is -0.368 e. The van der Waals surface area contributed by atoms with Crippen molar-refractivity contribution in [3.63, 3.8) is 0 Å². The predicted molar refractivity (Wildman–Crippen MR) is 108 cm³/mol. The highest BCUT2D eigenvalue weighted by molar-refractivity contribution is 8.10. The number of hydrogen-bond acceptors (Lipinski definition) is 5. The van der Waals surface area contributed by atoms with Crippen LogP contribution in [0.2, 0.25) is 0 Å². The molecule has 0 fully saturated rings. The topological polar surface area (TPSA) is 20.3 Å². The molecule has 26 heavy (non-hydrogen) atoms. The van der Waals surface area contributed by atoms with Crippen LogP contribution in [0.4, 0.5) is 13.2 Å². The van der Waals surface area contributed by atoms with Crippen LogP contribution in [0.25, 0.3) is 5.57 Å². The summed E-state index contributed by atoms with van der Waals surface area (Å²) in [6, 6.07) is 5.00. The van der Waals surface area contributed by atoms with Crippen LogP contribution in [0.5, 0.6) is 0 Å².